The summed E-state index contributed by atoms with van der Waals surface area (Å²) < 4.78 is 2.65. The second-order valence-corrected chi connectivity index (χ2v) is 12.0. The fourth-order valence-corrected chi connectivity index (χ4v) is 8.18. The van der Waals surface area contributed by atoms with Gasteiger partial charge in [-0.15, -0.1) is 17.9 Å². The van der Waals surface area contributed by atoms with Gasteiger partial charge in [-0.1, -0.05) is 78.9 Å². The van der Waals surface area contributed by atoms with Crippen molar-refractivity contribution in [3.05, 3.63) is 145 Å². The van der Waals surface area contributed by atoms with Crippen LogP contribution >= 0.6 is 11.3 Å². The van der Waals surface area contributed by atoms with E-state index in [-0.39, 0.29) is 12.0 Å². The molecule has 0 bridgehead atoms. The SMILES string of the molecule is C=CC1c2ccccc2N(c2ccc3sc4ccc(N5c6ccccc6[C@H]6C=CC=CC65)cc4c3c2)[C@H]1/C=C\C. The predicted octanol–water partition coefficient (Wildman–Crippen LogP) is 10.2. The number of para-hydroxylation sites is 2. The minimum Gasteiger partial charge on any atom is -0.333 e. The quantitative estimate of drug-likeness (QED) is 0.212. The number of nitrogens with zero attached hydrogens (tertiary/aromatic N) is 2. The van der Waals surface area contributed by atoms with Gasteiger partial charge in [0.15, 0.2) is 0 Å². The second-order valence-electron chi connectivity index (χ2n) is 10.9. The summed E-state index contributed by atoms with van der Waals surface area (Å²) in [6.45, 7) is 6.31. The third kappa shape index (κ3) is 3.34. The number of rotatable bonds is 4. The summed E-state index contributed by atoms with van der Waals surface area (Å²) in [5.41, 5.74) is 7.81. The van der Waals surface area contributed by atoms with Gasteiger partial charge in [-0.05, 0) is 66.6 Å². The van der Waals surface area contributed by atoms with Crippen molar-refractivity contribution in [1.82, 2.24) is 0 Å². The summed E-state index contributed by atoms with van der Waals surface area (Å²) in [5, 5.41) is 2.65. The van der Waals surface area contributed by atoms with E-state index in [1.165, 1.54) is 54.0 Å². The van der Waals surface area contributed by atoms with Gasteiger partial charge in [0.25, 0.3) is 0 Å². The van der Waals surface area contributed by atoms with Gasteiger partial charge in [0, 0.05) is 54.8 Å². The van der Waals surface area contributed by atoms with Crippen molar-refractivity contribution in [3.63, 3.8) is 0 Å². The molecule has 194 valence electrons. The van der Waals surface area contributed by atoms with Crippen LogP contribution in [-0.4, -0.2) is 12.1 Å². The number of anilines is 4. The lowest BCUT2D eigenvalue weighted by atomic mass is 9.91. The Balaban J connectivity index is 1.28. The fraction of sp³-hybridized carbons (Fsp3) is 0.135. The van der Waals surface area contributed by atoms with Crippen molar-refractivity contribution in [2.45, 2.75) is 30.8 Å². The zero-order valence-electron chi connectivity index (χ0n) is 22.4. The van der Waals surface area contributed by atoms with E-state index in [9.17, 15) is 0 Å². The molecule has 3 aliphatic rings. The molecule has 2 unspecified atom stereocenters. The lowest BCUT2D eigenvalue weighted by molar-refractivity contribution is 0.745. The Hall–Kier alpha value is -4.34. The normalized spacial score (nSPS) is 22.8. The molecular formula is C37H30N2S. The summed E-state index contributed by atoms with van der Waals surface area (Å²) in [7, 11) is 0. The van der Waals surface area contributed by atoms with Crippen LogP contribution in [0.1, 0.15) is 29.9 Å². The Morgan fingerprint density at radius 2 is 1.35 bits per heavy atom. The van der Waals surface area contributed by atoms with E-state index in [0.717, 1.165) is 0 Å². The predicted molar refractivity (Wildman–Crippen MR) is 173 cm³/mol. The maximum absolute atomic E-state index is 4.20. The van der Waals surface area contributed by atoms with Crippen molar-refractivity contribution in [1.29, 1.82) is 0 Å². The minimum atomic E-state index is 0.210. The first-order chi connectivity index (χ1) is 19.8. The third-order valence-corrected chi connectivity index (χ3v) is 9.97. The summed E-state index contributed by atoms with van der Waals surface area (Å²) >= 11 is 1.88. The Labute approximate surface area is 239 Å². The number of hydrogen-bond acceptors (Lipinski definition) is 3. The molecule has 0 fully saturated rings. The van der Waals surface area contributed by atoms with E-state index in [1.54, 1.807) is 0 Å². The van der Waals surface area contributed by atoms with Crippen LogP contribution in [0.15, 0.2) is 134 Å². The number of thiophene rings is 1. The number of allylic oxidation sites excluding steroid dienone is 3. The molecule has 1 aromatic heterocycles. The van der Waals surface area contributed by atoms with Crippen LogP contribution in [0.5, 0.6) is 0 Å². The molecule has 0 radical (unpaired) electrons. The van der Waals surface area contributed by atoms with Crippen LogP contribution in [0.2, 0.25) is 0 Å². The first-order valence-electron chi connectivity index (χ1n) is 14.1. The molecular weight excluding hydrogens is 504 g/mol. The molecule has 5 aromatic rings. The minimum absolute atomic E-state index is 0.210. The zero-order chi connectivity index (χ0) is 26.8. The molecule has 8 rings (SSSR count). The van der Waals surface area contributed by atoms with Crippen LogP contribution in [-0.2, 0) is 0 Å². The van der Waals surface area contributed by atoms with Crippen molar-refractivity contribution in [2.75, 3.05) is 9.80 Å². The van der Waals surface area contributed by atoms with E-state index in [4.69, 9.17) is 0 Å². The van der Waals surface area contributed by atoms with Crippen LogP contribution in [0.25, 0.3) is 20.2 Å². The lowest BCUT2D eigenvalue weighted by Crippen LogP contribution is -2.28. The monoisotopic (exact) mass is 534 g/mol. The van der Waals surface area contributed by atoms with Gasteiger partial charge in [0.1, 0.15) is 0 Å². The first kappa shape index (κ1) is 23.5. The van der Waals surface area contributed by atoms with Gasteiger partial charge in [-0.3, -0.25) is 0 Å². The molecule has 40 heavy (non-hydrogen) atoms. The maximum Gasteiger partial charge on any atom is 0.0629 e. The number of hydrogen-bond donors (Lipinski definition) is 0. The van der Waals surface area contributed by atoms with E-state index in [0.29, 0.717) is 12.0 Å². The Kier molecular flexibility index (Phi) is 5.36. The maximum atomic E-state index is 4.20. The second kappa shape index (κ2) is 9.11. The molecule has 1 aliphatic carbocycles. The molecule has 4 aromatic carbocycles. The molecule has 0 saturated heterocycles. The average molecular weight is 535 g/mol. The van der Waals surface area contributed by atoms with Gasteiger partial charge in [0.2, 0.25) is 0 Å². The van der Waals surface area contributed by atoms with Gasteiger partial charge >= 0.3 is 0 Å². The summed E-state index contributed by atoms with van der Waals surface area (Å²) in [6, 6.07) is 32.2. The largest absolute Gasteiger partial charge is 0.333 e. The summed E-state index contributed by atoms with van der Waals surface area (Å²) in [4.78, 5) is 5.02. The standard InChI is InChI=1S/C37H30N2S/c1-3-11-32-26(4-2)27-12-5-8-15-33(27)38(32)24-18-20-36-30(22-24)31-23-25(19-21-37(31)40-36)39-34-16-9-6-13-28(34)29-14-7-10-17-35(29)39/h3-23,26,28,32,34H,2H2,1H3/b11-3-/t26?,28-,32+,34?/m1/s1. The van der Waals surface area contributed by atoms with Crippen LogP contribution in [0, 0.1) is 0 Å². The van der Waals surface area contributed by atoms with E-state index < -0.39 is 0 Å². The summed E-state index contributed by atoms with van der Waals surface area (Å²) in [5.74, 6) is 0.647. The Morgan fingerprint density at radius 1 is 0.725 bits per heavy atom. The molecule has 0 saturated carbocycles. The molecule has 3 heterocycles. The van der Waals surface area contributed by atoms with Crippen molar-refractivity contribution >= 4 is 54.3 Å². The smallest absolute Gasteiger partial charge is 0.0629 e. The lowest BCUT2D eigenvalue weighted by Gasteiger charge is -2.29. The molecule has 0 spiro atoms. The van der Waals surface area contributed by atoms with Crippen molar-refractivity contribution < 1.29 is 0 Å². The van der Waals surface area contributed by atoms with E-state index in [2.05, 4.69) is 151 Å². The highest BCUT2D eigenvalue weighted by Crippen LogP contribution is 2.50. The van der Waals surface area contributed by atoms with Gasteiger partial charge < -0.3 is 9.80 Å². The number of fused-ring (bicyclic) bond motifs is 7. The average Bonchev–Trinajstić information content (AvgIpc) is 3.64. The zero-order valence-corrected chi connectivity index (χ0v) is 23.3. The molecule has 0 amide bonds. The highest BCUT2D eigenvalue weighted by molar-refractivity contribution is 7.25. The fourth-order valence-electron chi connectivity index (χ4n) is 7.12. The van der Waals surface area contributed by atoms with Gasteiger partial charge in [-0.25, -0.2) is 0 Å². The number of benzene rings is 4. The topological polar surface area (TPSA) is 6.48 Å². The molecule has 2 aliphatic heterocycles. The third-order valence-electron chi connectivity index (χ3n) is 8.82. The van der Waals surface area contributed by atoms with E-state index >= 15 is 0 Å². The Morgan fingerprint density at radius 3 is 2.05 bits per heavy atom. The van der Waals surface area contributed by atoms with Crippen molar-refractivity contribution in [3.8, 4) is 0 Å². The van der Waals surface area contributed by atoms with E-state index in [1.807, 2.05) is 11.3 Å². The molecule has 2 nitrogen and oxygen atoms in total. The highest BCUT2D eigenvalue weighted by atomic mass is 32.1. The highest BCUT2D eigenvalue weighted by Gasteiger charge is 2.38. The van der Waals surface area contributed by atoms with Crippen LogP contribution < -0.4 is 9.80 Å². The van der Waals surface area contributed by atoms with Crippen LogP contribution in [0.3, 0.4) is 0 Å². The van der Waals surface area contributed by atoms with Crippen molar-refractivity contribution in [2.24, 2.45) is 0 Å². The van der Waals surface area contributed by atoms with Gasteiger partial charge in [-0.2, -0.15) is 0 Å². The molecule has 0 N–H and O–H groups in total. The van der Waals surface area contributed by atoms with Gasteiger partial charge in [0.05, 0.1) is 12.1 Å². The molecule has 3 heteroatoms. The van der Waals surface area contributed by atoms with Crippen LogP contribution in [0.4, 0.5) is 22.7 Å². The Bertz CT molecular complexity index is 1890. The molecule has 4 atom stereocenters. The first-order valence-corrected chi connectivity index (χ1v) is 14.9. The summed E-state index contributed by atoms with van der Waals surface area (Å²) in [6.07, 6.45) is 15.7.